The lowest BCUT2D eigenvalue weighted by Gasteiger charge is -2.35. The molecule has 3 heterocycles. The van der Waals surface area contributed by atoms with E-state index in [0.29, 0.717) is 18.9 Å². The molecule has 2 aliphatic heterocycles. The van der Waals surface area contributed by atoms with Crippen molar-refractivity contribution < 1.29 is 8.42 Å². The molecule has 122 valence electrons. The number of aromatic amines is 1. The number of nitrogens with zero attached hydrogens (tertiary/aromatic N) is 5. The molecule has 1 aromatic heterocycles. The van der Waals surface area contributed by atoms with E-state index in [0.717, 1.165) is 30.8 Å². The minimum atomic E-state index is -3.25. The molecular weight excluding hydrogens is 318 g/mol. The summed E-state index contributed by atoms with van der Waals surface area (Å²) in [5.41, 5.74) is 2.06. The zero-order valence-electron chi connectivity index (χ0n) is 12.4. The van der Waals surface area contributed by atoms with Gasteiger partial charge in [0.05, 0.1) is 6.04 Å². The van der Waals surface area contributed by atoms with Crippen LogP contribution in [-0.2, 0) is 16.8 Å². The van der Waals surface area contributed by atoms with Gasteiger partial charge in [0, 0.05) is 38.3 Å². The second kappa shape index (κ2) is 5.64. The van der Waals surface area contributed by atoms with E-state index in [4.69, 9.17) is 0 Å². The minimum Gasteiger partial charge on any atom is -0.296 e. The Kier molecular flexibility index (Phi) is 3.60. The topological polar surface area (TPSA) is 107 Å². The first-order valence-electron chi connectivity index (χ1n) is 7.43. The fraction of sp³-hybridized carbons (Fsp3) is 0.462. The van der Waals surface area contributed by atoms with Gasteiger partial charge in [-0.2, -0.15) is 17.9 Å². The van der Waals surface area contributed by atoms with E-state index in [9.17, 15) is 8.42 Å². The van der Waals surface area contributed by atoms with Crippen LogP contribution in [-0.4, -0.2) is 70.5 Å². The SMILES string of the molecule is O=S1(=O)NCC2CN(Cc3cccc(-c4nn[nH]n4)c3)CCN21. The van der Waals surface area contributed by atoms with Gasteiger partial charge in [-0.1, -0.05) is 18.2 Å². The number of rotatable bonds is 3. The van der Waals surface area contributed by atoms with Gasteiger partial charge < -0.3 is 0 Å². The molecule has 1 atom stereocenters. The number of tetrazole rings is 1. The zero-order valence-corrected chi connectivity index (χ0v) is 13.2. The molecule has 0 amide bonds. The molecular formula is C13H17N7O2S. The van der Waals surface area contributed by atoms with Crippen molar-refractivity contribution in [3.8, 4) is 11.4 Å². The molecule has 1 unspecified atom stereocenters. The average molecular weight is 335 g/mol. The monoisotopic (exact) mass is 335 g/mol. The third kappa shape index (κ3) is 2.85. The van der Waals surface area contributed by atoms with Crippen LogP contribution >= 0.6 is 0 Å². The van der Waals surface area contributed by atoms with Gasteiger partial charge in [0.25, 0.3) is 10.2 Å². The molecule has 0 spiro atoms. The molecule has 10 heteroatoms. The lowest BCUT2D eigenvalue weighted by Crippen LogP contribution is -2.51. The maximum Gasteiger partial charge on any atom is 0.279 e. The van der Waals surface area contributed by atoms with Crippen molar-refractivity contribution in [3.05, 3.63) is 29.8 Å². The van der Waals surface area contributed by atoms with Gasteiger partial charge in [0.1, 0.15) is 0 Å². The Hall–Kier alpha value is -1.88. The van der Waals surface area contributed by atoms with Crippen LogP contribution in [0.1, 0.15) is 5.56 Å². The number of benzene rings is 1. The van der Waals surface area contributed by atoms with Crippen molar-refractivity contribution in [2.24, 2.45) is 0 Å². The summed E-state index contributed by atoms with van der Waals surface area (Å²) < 4.78 is 27.8. The summed E-state index contributed by atoms with van der Waals surface area (Å²) in [4.78, 5) is 2.28. The summed E-state index contributed by atoms with van der Waals surface area (Å²) in [6.07, 6.45) is 0. The normalized spacial score (nSPS) is 24.6. The summed E-state index contributed by atoms with van der Waals surface area (Å²) in [6.45, 7) is 3.25. The van der Waals surface area contributed by atoms with Crippen LogP contribution in [0.25, 0.3) is 11.4 Å². The van der Waals surface area contributed by atoms with Crippen LogP contribution in [0.4, 0.5) is 0 Å². The summed E-state index contributed by atoms with van der Waals surface area (Å²) in [5.74, 6) is 0.572. The van der Waals surface area contributed by atoms with Crippen LogP contribution in [0.2, 0.25) is 0 Å². The predicted octanol–water partition coefficient (Wildman–Crippen LogP) is -0.799. The van der Waals surface area contributed by atoms with E-state index in [1.54, 1.807) is 4.31 Å². The quantitative estimate of drug-likeness (QED) is 0.760. The molecule has 2 aliphatic rings. The van der Waals surface area contributed by atoms with Gasteiger partial charge in [0.15, 0.2) is 0 Å². The van der Waals surface area contributed by atoms with Gasteiger partial charge in [-0.3, -0.25) is 4.90 Å². The lowest BCUT2D eigenvalue weighted by atomic mass is 10.1. The first-order valence-corrected chi connectivity index (χ1v) is 8.87. The van der Waals surface area contributed by atoms with E-state index in [1.807, 2.05) is 18.2 Å². The highest BCUT2D eigenvalue weighted by Crippen LogP contribution is 2.21. The van der Waals surface area contributed by atoms with Crippen LogP contribution in [0, 0.1) is 0 Å². The van der Waals surface area contributed by atoms with Crippen molar-refractivity contribution >= 4 is 10.2 Å². The molecule has 2 fully saturated rings. The van der Waals surface area contributed by atoms with Gasteiger partial charge in [-0.15, -0.1) is 10.2 Å². The summed E-state index contributed by atoms with van der Waals surface area (Å²) in [5, 5.41) is 14.0. The molecule has 1 aromatic carbocycles. The number of hydrogen-bond acceptors (Lipinski definition) is 6. The number of hydrogen-bond donors (Lipinski definition) is 2. The molecule has 0 saturated carbocycles. The van der Waals surface area contributed by atoms with Crippen LogP contribution in [0.3, 0.4) is 0 Å². The molecule has 0 aliphatic carbocycles. The molecule has 0 radical (unpaired) electrons. The lowest BCUT2D eigenvalue weighted by molar-refractivity contribution is 0.143. The van der Waals surface area contributed by atoms with Crippen LogP contribution < -0.4 is 4.72 Å². The highest BCUT2D eigenvalue weighted by Gasteiger charge is 2.40. The fourth-order valence-corrected chi connectivity index (χ4v) is 4.59. The Morgan fingerprint density at radius 3 is 3.04 bits per heavy atom. The largest absolute Gasteiger partial charge is 0.296 e. The molecule has 4 rings (SSSR count). The highest BCUT2D eigenvalue weighted by molar-refractivity contribution is 7.87. The number of nitrogens with one attached hydrogen (secondary N) is 2. The molecule has 2 aromatic rings. The van der Waals surface area contributed by atoms with Gasteiger partial charge in [-0.25, -0.2) is 4.72 Å². The van der Waals surface area contributed by atoms with Crippen molar-refractivity contribution in [3.63, 3.8) is 0 Å². The van der Waals surface area contributed by atoms with Crippen molar-refractivity contribution in [1.29, 1.82) is 0 Å². The van der Waals surface area contributed by atoms with Crippen molar-refractivity contribution in [1.82, 2.24) is 34.6 Å². The van der Waals surface area contributed by atoms with Crippen molar-refractivity contribution in [2.75, 3.05) is 26.2 Å². The number of fused-ring (bicyclic) bond motifs is 1. The first-order chi connectivity index (χ1) is 11.1. The van der Waals surface area contributed by atoms with E-state index in [2.05, 4.69) is 36.3 Å². The second-order valence-electron chi connectivity index (χ2n) is 5.79. The molecule has 2 N–H and O–H groups in total. The average Bonchev–Trinajstić information content (AvgIpc) is 3.16. The number of piperazine rings is 1. The van der Waals surface area contributed by atoms with Crippen molar-refractivity contribution in [2.45, 2.75) is 12.6 Å². The zero-order chi connectivity index (χ0) is 15.9. The first kappa shape index (κ1) is 14.7. The minimum absolute atomic E-state index is 0.0224. The maximum absolute atomic E-state index is 11.8. The van der Waals surface area contributed by atoms with Crippen LogP contribution in [0.5, 0.6) is 0 Å². The molecule has 23 heavy (non-hydrogen) atoms. The van der Waals surface area contributed by atoms with Crippen LogP contribution in [0.15, 0.2) is 24.3 Å². The Morgan fingerprint density at radius 1 is 1.30 bits per heavy atom. The summed E-state index contributed by atoms with van der Waals surface area (Å²) in [7, 11) is -3.25. The fourth-order valence-electron chi connectivity index (χ4n) is 3.16. The van der Waals surface area contributed by atoms with E-state index in [-0.39, 0.29) is 6.04 Å². The third-order valence-corrected chi connectivity index (χ3v) is 5.89. The highest BCUT2D eigenvalue weighted by atomic mass is 32.2. The van der Waals surface area contributed by atoms with Gasteiger partial charge >= 0.3 is 0 Å². The smallest absolute Gasteiger partial charge is 0.279 e. The van der Waals surface area contributed by atoms with E-state index >= 15 is 0 Å². The third-order valence-electron chi connectivity index (χ3n) is 4.26. The Labute approximate surface area is 133 Å². The standard InChI is InChI=1S/C13H17N7O2S/c21-23(22)14-7-12-9-19(4-5-20(12)23)8-10-2-1-3-11(6-10)13-15-17-18-16-13/h1-3,6,12,14H,4-5,7-9H2,(H,15,16,17,18). The number of aromatic nitrogens is 4. The Balaban J connectivity index is 1.46. The Morgan fingerprint density at radius 2 is 2.22 bits per heavy atom. The van der Waals surface area contributed by atoms with Gasteiger partial charge in [-0.05, 0) is 16.8 Å². The molecule has 0 bridgehead atoms. The summed E-state index contributed by atoms with van der Waals surface area (Å²) >= 11 is 0. The maximum atomic E-state index is 11.8. The second-order valence-corrected chi connectivity index (χ2v) is 7.50. The van der Waals surface area contributed by atoms with Gasteiger partial charge in [0.2, 0.25) is 5.82 Å². The van der Waals surface area contributed by atoms with E-state index in [1.165, 1.54) is 0 Å². The molecule has 9 nitrogen and oxygen atoms in total. The van der Waals surface area contributed by atoms with E-state index < -0.39 is 10.2 Å². The Bertz CT molecular complexity index is 792. The number of H-pyrrole nitrogens is 1. The molecule has 2 saturated heterocycles. The summed E-state index contributed by atoms with van der Waals surface area (Å²) in [6, 6.07) is 8.04. The predicted molar refractivity (Wildman–Crippen MR) is 82.3 cm³/mol.